The van der Waals surface area contributed by atoms with Crippen LogP contribution in [-0.2, 0) is 6.54 Å². The van der Waals surface area contributed by atoms with E-state index in [0.717, 1.165) is 49.1 Å². The van der Waals surface area contributed by atoms with E-state index in [1.807, 2.05) is 24.3 Å². The van der Waals surface area contributed by atoms with Crippen molar-refractivity contribution in [3.8, 4) is 5.75 Å². The smallest absolute Gasteiger partial charge is 0.269 e. The molecule has 0 unspecified atom stereocenters. The molecule has 1 fully saturated rings. The predicted molar refractivity (Wildman–Crippen MR) is 125 cm³/mol. The number of nitro benzene ring substituents is 1. The molecule has 2 aromatic rings. The van der Waals surface area contributed by atoms with Crippen molar-refractivity contribution in [1.29, 1.82) is 0 Å². The second kappa shape index (κ2) is 10.8. The first-order valence-electron chi connectivity index (χ1n) is 9.18. The van der Waals surface area contributed by atoms with Gasteiger partial charge in [0.1, 0.15) is 5.75 Å². The molecule has 0 spiro atoms. The van der Waals surface area contributed by atoms with Crippen LogP contribution in [0.25, 0.3) is 0 Å². The lowest BCUT2D eigenvalue weighted by molar-refractivity contribution is -0.384. The van der Waals surface area contributed by atoms with Gasteiger partial charge in [0.2, 0.25) is 0 Å². The number of hydrogen-bond donors (Lipinski definition) is 1. The molecule has 0 bridgehead atoms. The zero-order valence-electron chi connectivity index (χ0n) is 16.6. The van der Waals surface area contributed by atoms with Crippen LogP contribution in [0.5, 0.6) is 5.75 Å². The summed E-state index contributed by atoms with van der Waals surface area (Å²) in [7, 11) is 3.43. The van der Waals surface area contributed by atoms with Crippen LogP contribution in [0, 0.1) is 10.1 Å². The highest BCUT2D eigenvalue weighted by Crippen LogP contribution is 2.22. The van der Waals surface area contributed by atoms with Crippen molar-refractivity contribution in [2.75, 3.05) is 45.2 Å². The lowest BCUT2D eigenvalue weighted by atomic mass is 10.2. The van der Waals surface area contributed by atoms with Gasteiger partial charge < -0.3 is 19.9 Å². The summed E-state index contributed by atoms with van der Waals surface area (Å²) in [5.41, 5.74) is 2.10. The molecule has 1 N–H and O–H groups in total. The Kier molecular flexibility index (Phi) is 8.50. The Labute approximate surface area is 187 Å². The molecule has 8 nitrogen and oxygen atoms in total. The van der Waals surface area contributed by atoms with E-state index in [2.05, 4.69) is 26.2 Å². The fourth-order valence-corrected chi connectivity index (χ4v) is 3.28. The average Bonchev–Trinajstić information content (AvgIpc) is 2.75. The van der Waals surface area contributed by atoms with Gasteiger partial charge in [0.25, 0.3) is 5.69 Å². The number of piperazine rings is 1. The van der Waals surface area contributed by atoms with Gasteiger partial charge >= 0.3 is 0 Å². The molecule has 1 aliphatic heterocycles. The van der Waals surface area contributed by atoms with Crippen molar-refractivity contribution in [1.82, 2.24) is 10.2 Å². The third-order valence-corrected chi connectivity index (χ3v) is 4.78. The quantitative estimate of drug-likeness (QED) is 0.219. The maximum atomic E-state index is 10.9. The first-order chi connectivity index (χ1) is 13.6. The standard InChI is InChI=1S/C20H25N5O3.HI/c1-21-20(22-15-16-5-3-7-18(13-16)25(26)27)24-11-9-23(10-12-24)17-6-4-8-19(14-17)28-2;/h3-8,13-14H,9-12,15H2,1-2H3,(H,21,22);1H. The number of methoxy groups -OCH3 is 1. The number of halogens is 1. The van der Waals surface area contributed by atoms with Gasteiger partial charge in [-0.2, -0.15) is 0 Å². The summed E-state index contributed by atoms with van der Waals surface area (Å²) in [4.78, 5) is 19.4. The molecule has 0 radical (unpaired) electrons. The van der Waals surface area contributed by atoms with E-state index in [-0.39, 0.29) is 34.6 Å². The summed E-state index contributed by atoms with van der Waals surface area (Å²) < 4.78 is 5.31. The predicted octanol–water partition coefficient (Wildman–Crippen LogP) is 3.12. The molecule has 3 rings (SSSR count). The van der Waals surface area contributed by atoms with E-state index in [1.165, 1.54) is 6.07 Å². The zero-order chi connectivity index (χ0) is 19.9. The van der Waals surface area contributed by atoms with Crippen molar-refractivity contribution in [3.05, 3.63) is 64.2 Å². The van der Waals surface area contributed by atoms with Crippen molar-refractivity contribution in [2.24, 2.45) is 4.99 Å². The molecule has 0 aliphatic carbocycles. The summed E-state index contributed by atoms with van der Waals surface area (Å²) >= 11 is 0. The van der Waals surface area contributed by atoms with Crippen LogP contribution in [-0.4, -0.2) is 56.1 Å². The molecule has 1 aliphatic rings. The number of aliphatic imine (C=N–C) groups is 1. The minimum absolute atomic E-state index is 0. The SMILES string of the molecule is CN=C(NCc1cccc([N+](=O)[O-])c1)N1CCN(c2cccc(OC)c2)CC1.I. The molecule has 156 valence electrons. The van der Waals surface area contributed by atoms with E-state index >= 15 is 0 Å². The van der Waals surface area contributed by atoms with Gasteiger partial charge in [-0.15, -0.1) is 24.0 Å². The lowest BCUT2D eigenvalue weighted by Gasteiger charge is -2.37. The monoisotopic (exact) mass is 511 g/mol. The normalized spacial score (nSPS) is 14.2. The molecule has 0 atom stereocenters. The van der Waals surface area contributed by atoms with Crippen LogP contribution >= 0.6 is 24.0 Å². The Balaban J connectivity index is 0.00000300. The van der Waals surface area contributed by atoms with Gasteiger partial charge in [0, 0.05) is 63.7 Å². The first-order valence-corrected chi connectivity index (χ1v) is 9.18. The highest BCUT2D eigenvalue weighted by molar-refractivity contribution is 14.0. The number of ether oxygens (including phenoxy) is 1. The average molecular weight is 511 g/mol. The number of guanidine groups is 1. The van der Waals surface area contributed by atoms with Crippen LogP contribution in [0.15, 0.2) is 53.5 Å². The third-order valence-electron chi connectivity index (χ3n) is 4.78. The fraction of sp³-hybridized carbons (Fsp3) is 0.350. The second-order valence-electron chi connectivity index (χ2n) is 6.50. The zero-order valence-corrected chi connectivity index (χ0v) is 18.9. The number of anilines is 1. The Morgan fingerprint density at radius 2 is 1.90 bits per heavy atom. The van der Waals surface area contributed by atoms with E-state index in [9.17, 15) is 10.1 Å². The number of nitrogens with zero attached hydrogens (tertiary/aromatic N) is 4. The van der Waals surface area contributed by atoms with Gasteiger partial charge in [-0.25, -0.2) is 0 Å². The maximum absolute atomic E-state index is 10.9. The largest absolute Gasteiger partial charge is 0.497 e. The van der Waals surface area contributed by atoms with Crippen LogP contribution in [0.4, 0.5) is 11.4 Å². The summed E-state index contributed by atoms with van der Waals surface area (Å²) in [6, 6.07) is 14.7. The number of hydrogen-bond acceptors (Lipinski definition) is 5. The Bertz CT molecular complexity index is 854. The van der Waals surface area contributed by atoms with Crippen LogP contribution in [0.3, 0.4) is 0 Å². The second-order valence-corrected chi connectivity index (χ2v) is 6.50. The molecular weight excluding hydrogens is 485 g/mol. The van der Waals surface area contributed by atoms with E-state index in [0.29, 0.717) is 6.54 Å². The Morgan fingerprint density at radius 1 is 1.17 bits per heavy atom. The number of nitrogens with one attached hydrogen (secondary N) is 1. The number of non-ortho nitro benzene ring substituents is 1. The number of nitro groups is 1. The molecular formula is C20H26IN5O3. The van der Waals surface area contributed by atoms with Crippen molar-refractivity contribution in [3.63, 3.8) is 0 Å². The summed E-state index contributed by atoms with van der Waals surface area (Å²) in [6.07, 6.45) is 0. The van der Waals surface area contributed by atoms with Crippen molar-refractivity contribution >= 4 is 41.3 Å². The number of rotatable bonds is 5. The highest BCUT2D eigenvalue weighted by Gasteiger charge is 2.20. The maximum Gasteiger partial charge on any atom is 0.269 e. The van der Waals surface area contributed by atoms with E-state index in [4.69, 9.17) is 4.74 Å². The molecule has 2 aromatic carbocycles. The first kappa shape index (κ1) is 22.7. The molecule has 9 heteroatoms. The van der Waals surface area contributed by atoms with Gasteiger partial charge in [-0.3, -0.25) is 15.1 Å². The van der Waals surface area contributed by atoms with Gasteiger partial charge in [-0.1, -0.05) is 18.2 Å². The molecule has 0 saturated carbocycles. The van der Waals surface area contributed by atoms with Gasteiger partial charge in [0.15, 0.2) is 5.96 Å². The lowest BCUT2D eigenvalue weighted by Crippen LogP contribution is -2.52. The third kappa shape index (κ3) is 5.96. The summed E-state index contributed by atoms with van der Waals surface area (Å²) in [6.45, 7) is 3.93. The van der Waals surface area contributed by atoms with E-state index in [1.54, 1.807) is 26.3 Å². The van der Waals surface area contributed by atoms with Crippen LogP contribution < -0.4 is 15.0 Å². The van der Waals surface area contributed by atoms with Crippen molar-refractivity contribution in [2.45, 2.75) is 6.54 Å². The molecule has 29 heavy (non-hydrogen) atoms. The molecule has 1 saturated heterocycles. The topological polar surface area (TPSA) is 83.2 Å². The Hall–Kier alpha value is -2.56. The Morgan fingerprint density at radius 3 is 2.55 bits per heavy atom. The van der Waals surface area contributed by atoms with E-state index < -0.39 is 0 Å². The van der Waals surface area contributed by atoms with Gasteiger partial charge in [-0.05, 0) is 17.7 Å². The molecule has 1 heterocycles. The summed E-state index contributed by atoms with van der Waals surface area (Å²) in [5.74, 6) is 1.66. The highest BCUT2D eigenvalue weighted by atomic mass is 127. The minimum Gasteiger partial charge on any atom is -0.497 e. The molecule has 0 amide bonds. The van der Waals surface area contributed by atoms with Crippen molar-refractivity contribution < 1.29 is 9.66 Å². The summed E-state index contributed by atoms with van der Waals surface area (Å²) in [5, 5.41) is 14.2. The van der Waals surface area contributed by atoms with Crippen LogP contribution in [0.1, 0.15) is 5.56 Å². The van der Waals surface area contributed by atoms with Gasteiger partial charge in [0.05, 0.1) is 12.0 Å². The van der Waals surface area contributed by atoms with Crippen LogP contribution in [0.2, 0.25) is 0 Å². The fourth-order valence-electron chi connectivity index (χ4n) is 3.28. The molecule has 0 aromatic heterocycles. The minimum atomic E-state index is -0.379. The number of benzene rings is 2.